The van der Waals surface area contributed by atoms with Gasteiger partial charge in [0.2, 0.25) is 10.0 Å². The monoisotopic (exact) mass is 298 g/mol. The van der Waals surface area contributed by atoms with Crippen LogP contribution in [0.4, 0.5) is 5.69 Å². The van der Waals surface area contributed by atoms with E-state index in [1.807, 2.05) is 0 Å². The van der Waals surface area contributed by atoms with Crippen molar-refractivity contribution in [2.24, 2.45) is 5.41 Å². The molecule has 1 saturated carbocycles. The van der Waals surface area contributed by atoms with E-state index >= 15 is 0 Å². The summed E-state index contributed by atoms with van der Waals surface area (Å²) in [5.74, 6) is 0. The molecular weight excluding hydrogens is 276 g/mol. The number of rotatable bonds is 7. The van der Waals surface area contributed by atoms with Gasteiger partial charge in [-0.05, 0) is 48.9 Å². The lowest BCUT2D eigenvalue weighted by molar-refractivity contribution is 0.253. The van der Waals surface area contributed by atoms with Crippen LogP contribution in [0.5, 0.6) is 0 Å². The Balaban J connectivity index is 1.99. The summed E-state index contributed by atoms with van der Waals surface area (Å²) in [5.41, 5.74) is 1.15. The number of nitrogens with zero attached hydrogens (tertiary/aromatic N) is 1. The van der Waals surface area contributed by atoms with Gasteiger partial charge in [0.05, 0.1) is 4.90 Å². The summed E-state index contributed by atoms with van der Waals surface area (Å²) >= 11 is 0. The van der Waals surface area contributed by atoms with Gasteiger partial charge >= 0.3 is 0 Å². The highest BCUT2D eigenvalue weighted by atomic mass is 32.2. The molecule has 6 heteroatoms. The number of hydrogen-bond acceptors (Lipinski definition) is 4. The minimum Gasteiger partial charge on any atom is -0.396 e. The first-order chi connectivity index (χ1) is 9.39. The van der Waals surface area contributed by atoms with E-state index in [0.717, 1.165) is 31.5 Å². The molecule has 0 saturated heterocycles. The van der Waals surface area contributed by atoms with Crippen LogP contribution in [0.15, 0.2) is 29.2 Å². The molecule has 2 rings (SSSR count). The number of aliphatic hydroxyl groups excluding tert-OH is 1. The van der Waals surface area contributed by atoms with Gasteiger partial charge < -0.3 is 10.4 Å². The van der Waals surface area contributed by atoms with Crippen LogP contribution in [0.1, 0.15) is 19.3 Å². The lowest BCUT2D eigenvalue weighted by Gasteiger charge is -2.16. The zero-order valence-electron chi connectivity index (χ0n) is 12.0. The predicted octanol–water partition coefficient (Wildman–Crippen LogP) is 1.51. The predicted molar refractivity (Wildman–Crippen MR) is 79.2 cm³/mol. The summed E-state index contributed by atoms with van der Waals surface area (Å²) in [6, 6.07) is 6.80. The normalized spacial score (nSPS) is 17.2. The average Bonchev–Trinajstić information content (AvgIpc) is 3.17. The molecule has 0 spiro atoms. The number of benzene rings is 1. The van der Waals surface area contributed by atoms with Crippen molar-refractivity contribution >= 4 is 15.7 Å². The first kappa shape index (κ1) is 15.3. The molecular formula is C14H22N2O3S. The molecule has 1 aromatic carbocycles. The number of hydrogen-bond donors (Lipinski definition) is 2. The van der Waals surface area contributed by atoms with Crippen molar-refractivity contribution in [2.45, 2.75) is 24.2 Å². The van der Waals surface area contributed by atoms with Crippen molar-refractivity contribution in [3.8, 4) is 0 Å². The third kappa shape index (κ3) is 3.31. The third-order valence-corrected chi connectivity index (χ3v) is 5.73. The molecule has 0 atom stereocenters. The van der Waals surface area contributed by atoms with E-state index in [-0.39, 0.29) is 12.0 Å². The van der Waals surface area contributed by atoms with Gasteiger partial charge in [0.25, 0.3) is 0 Å². The summed E-state index contributed by atoms with van der Waals surface area (Å²) in [5, 5.41) is 12.3. The second-order valence-corrected chi connectivity index (χ2v) is 7.79. The van der Waals surface area contributed by atoms with Crippen LogP contribution >= 0.6 is 0 Å². The van der Waals surface area contributed by atoms with Crippen molar-refractivity contribution in [3.63, 3.8) is 0 Å². The standard InChI is InChI=1S/C14H22N2O3S/c1-16(2)20(18,19)13-5-3-12(4-6-13)15-11-14(7-8-14)9-10-17/h3-6,15,17H,7-11H2,1-2H3. The fourth-order valence-electron chi connectivity index (χ4n) is 2.17. The van der Waals surface area contributed by atoms with E-state index in [1.165, 1.54) is 18.4 Å². The molecule has 0 aromatic heterocycles. The van der Waals surface area contributed by atoms with E-state index in [4.69, 9.17) is 5.11 Å². The Kier molecular flexibility index (Phi) is 4.36. The third-order valence-electron chi connectivity index (χ3n) is 3.90. The Hall–Kier alpha value is -1.11. The van der Waals surface area contributed by atoms with Crippen LogP contribution in [0, 0.1) is 5.41 Å². The minimum atomic E-state index is -3.36. The fraction of sp³-hybridized carbons (Fsp3) is 0.571. The Morgan fingerprint density at radius 2 is 1.85 bits per heavy atom. The SMILES string of the molecule is CN(C)S(=O)(=O)c1ccc(NCC2(CCO)CC2)cc1. The van der Waals surface area contributed by atoms with Crippen LogP contribution in [0.2, 0.25) is 0 Å². The fourth-order valence-corrected chi connectivity index (χ4v) is 3.08. The molecule has 1 fully saturated rings. The lowest BCUT2D eigenvalue weighted by Crippen LogP contribution is -2.22. The molecule has 112 valence electrons. The topological polar surface area (TPSA) is 69.6 Å². The summed E-state index contributed by atoms with van der Waals surface area (Å²) in [6.45, 7) is 1.05. The summed E-state index contributed by atoms with van der Waals surface area (Å²) in [4.78, 5) is 0.296. The Morgan fingerprint density at radius 1 is 1.25 bits per heavy atom. The highest BCUT2D eigenvalue weighted by Crippen LogP contribution is 2.48. The molecule has 1 aliphatic carbocycles. The molecule has 20 heavy (non-hydrogen) atoms. The first-order valence-electron chi connectivity index (χ1n) is 6.77. The molecule has 0 amide bonds. The zero-order valence-corrected chi connectivity index (χ0v) is 12.8. The van der Waals surface area contributed by atoms with Crippen molar-refractivity contribution < 1.29 is 13.5 Å². The molecule has 0 bridgehead atoms. The van der Waals surface area contributed by atoms with Crippen LogP contribution in [-0.2, 0) is 10.0 Å². The number of sulfonamides is 1. The van der Waals surface area contributed by atoms with Crippen molar-refractivity contribution in [1.82, 2.24) is 4.31 Å². The maximum absolute atomic E-state index is 11.9. The quantitative estimate of drug-likeness (QED) is 0.800. The van der Waals surface area contributed by atoms with E-state index < -0.39 is 10.0 Å². The molecule has 0 unspecified atom stereocenters. The van der Waals surface area contributed by atoms with Crippen LogP contribution in [0.3, 0.4) is 0 Å². The molecule has 1 aliphatic rings. The molecule has 2 N–H and O–H groups in total. The lowest BCUT2D eigenvalue weighted by atomic mass is 10.0. The summed E-state index contributed by atoms with van der Waals surface area (Å²) < 4.78 is 25.1. The van der Waals surface area contributed by atoms with Crippen molar-refractivity contribution in [1.29, 1.82) is 0 Å². The van der Waals surface area contributed by atoms with E-state index in [9.17, 15) is 8.42 Å². The second-order valence-electron chi connectivity index (χ2n) is 5.64. The van der Waals surface area contributed by atoms with Gasteiger partial charge in [-0.15, -0.1) is 0 Å². The molecule has 1 aromatic rings. The van der Waals surface area contributed by atoms with Gasteiger partial charge in [-0.1, -0.05) is 0 Å². The summed E-state index contributed by atoms with van der Waals surface area (Å²) in [6.07, 6.45) is 3.12. The Labute approximate surface area is 120 Å². The number of nitrogens with one attached hydrogen (secondary N) is 1. The van der Waals surface area contributed by atoms with Gasteiger partial charge in [-0.2, -0.15) is 0 Å². The molecule has 5 nitrogen and oxygen atoms in total. The zero-order chi connectivity index (χ0) is 14.8. The molecule has 0 radical (unpaired) electrons. The van der Waals surface area contributed by atoms with Gasteiger partial charge in [0.1, 0.15) is 0 Å². The van der Waals surface area contributed by atoms with Gasteiger partial charge in [0, 0.05) is 32.9 Å². The number of aliphatic hydroxyl groups is 1. The Morgan fingerprint density at radius 3 is 2.30 bits per heavy atom. The van der Waals surface area contributed by atoms with Gasteiger partial charge in [-0.3, -0.25) is 0 Å². The van der Waals surface area contributed by atoms with Crippen molar-refractivity contribution in [3.05, 3.63) is 24.3 Å². The maximum Gasteiger partial charge on any atom is 0.242 e. The molecule has 0 aliphatic heterocycles. The van der Waals surface area contributed by atoms with E-state index in [2.05, 4.69) is 5.32 Å². The first-order valence-corrected chi connectivity index (χ1v) is 8.21. The number of anilines is 1. The van der Waals surface area contributed by atoms with E-state index in [1.54, 1.807) is 24.3 Å². The maximum atomic E-state index is 11.9. The van der Waals surface area contributed by atoms with Gasteiger partial charge in [0.15, 0.2) is 0 Å². The van der Waals surface area contributed by atoms with Crippen LogP contribution in [0.25, 0.3) is 0 Å². The average molecular weight is 298 g/mol. The highest BCUT2D eigenvalue weighted by molar-refractivity contribution is 7.89. The smallest absolute Gasteiger partial charge is 0.242 e. The van der Waals surface area contributed by atoms with Gasteiger partial charge in [-0.25, -0.2) is 12.7 Å². The van der Waals surface area contributed by atoms with Crippen molar-refractivity contribution in [2.75, 3.05) is 32.6 Å². The second kappa shape index (κ2) is 5.71. The Bertz CT molecular complexity index is 548. The highest BCUT2D eigenvalue weighted by Gasteiger charge is 2.41. The minimum absolute atomic E-state index is 0.224. The van der Waals surface area contributed by atoms with Crippen LogP contribution < -0.4 is 5.32 Å². The van der Waals surface area contributed by atoms with E-state index in [0.29, 0.717) is 4.90 Å². The summed E-state index contributed by atoms with van der Waals surface area (Å²) in [7, 11) is -0.319. The largest absolute Gasteiger partial charge is 0.396 e. The molecule has 0 heterocycles. The van der Waals surface area contributed by atoms with Crippen LogP contribution in [-0.4, -0.2) is 45.1 Å².